The highest BCUT2D eigenvalue weighted by molar-refractivity contribution is 7.21. The van der Waals surface area contributed by atoms with E-state index in [1.54, 1.807) is 11.3 Å². The molecule has 0 aliphatic rings. The summed E-state index contributed by atoms with van der Waals surface area (Å²) in [7, 11) is 1.97. The largest absolute Gasteiger partial charge is 0.489 e. The van der Waals surface area contributed by atoms with Crippen molar-refractivity contribution in [1.29, 1.82) is 0 Å². The van der Waals surface area contributed by atoms with Gasteiger partial charge in [-0.05, 0) is 48.9 Å². The SMILES string of the molecule is CNCc1cc(C)cc2sc(-c3cccc(OCc4ccccc4)c3)nc12. The van der Waals surface area contributed by atoms with Crippen molar-refractivity contribution in [2.75, 3.05) is 7.05 Å². The third-order valence-corrected chi connectivity index (χ3v) is 5.47. The summed E-state index contributed by atoms with van der Waals surface area (Å²) in [6.07, 6.45) is 0. The molecule has 0 spiro atoms. The van der Waals surface area contributed by atoms with E-state index in [4.69, 9.17) is 9.72 Å². The maximum absolute atomic E-state index is 5.98. The average Bonchev–Trinajstić information content (AvgIpc) is 3.12. The van der Waals surface area contributed by atoms with Crippen LogP contribution in [0.3, 0.4) is 0 Å². The first-order valence-corrected chi connectivity index (χ1v) is 9.86. The van der Waals surface area contributed by atoms with Gasteiger partial charge in [0.1, 0.15) is 17.4 Å². The van der Waals surface area contributed by atoms with Crippen molar-refractivity contribution in [2.45, 2.75) is 20.1 Å². The molecule has 4 rings (SSSR count). The Morgan fingerprint density at radius 3 is 2.67 bits per heavy atom. The summed E-state index contributed by atoms with van der Waals surface area (Å²) in [5, 5.41) is 4.26. The third kappa shape index (κ3) is 4.02. The van der Waals surface area contributed by atoms with E-state index in [-0.39, 0.29) is 0 Å². The van der Waals surface area contributed by atoms with Gasteiger partial charge in [0.25, 0.3) is 0 Å². The minimum Gasteiger partial charge on any atom is -0.489 e. The molecule has 0 atom stereocenters. The number of hydrogen-bond donors (Lipinski definition) is 1. The van der Waals surface area contributed by atoms with Crippen molar-refractivity contribution in [2.24, 2.45) is 0 Å². The van der Waals surface area contributed by atoms with Gasteiger partial charge in [-0.1, -0.05) is 48.5 Å². The molecule has 0 unspecified atom stereocenters. The van der Waals surface area contributed by atoms with Crippen LogP contribution in [0.25, 0.3) is 20.8 Å². The topological polar surface area (TPSA) is 34.1 Å². The van der Waals surface area contributed by atoms with Gasteiger partial charge >= 0.3 is 0 Å². The standard InChI is InChI=1S/C23H22N2OS/c1-16-11-19(14-24-2)22-21(12-16)27-23(25-22)18-9-6-10-20(13-18)26-15-17-7-4-3-5-8-17/h3-13,24H,14-15H2,1-2H3. The third-order valence-electron chi connectivity index (χ3n) is 4.41. The van der Waals surface area contributed by atoms with Crippen molar-refractivity contribution in [1.82, 2.24) is 10.3 Å². The number of aryl methyl sites for hydroxylation is 1. The lowest BCUT2D eigenvalue weighted by molar-refractivity contribution is 0.306. The van der Waals surface area contributed by atoms with Gasteiger partial charge in [0.2, 0.25) is 0 Å². The highest BCUT2D eigenvalue weighted by Gasteiger charge is 2.11. The van der Waals surface area contributed by atoms with Crippen LogP contribution in [-0.4, -0.2) is 12.0 Å². The van der Waals surface area contributed by atoms with Crippen molar-refractivity contribution in [3.05, 3.63) is 83.4 Å². The van der Waals surface area contributed by atoms with Gasteiger partial charge in [-0.3, -0.25) is 0 Å². The van der Waals surface area contributed by atoms with Crippen molar-refractivity contribution >= 4 is 21.6 Å². The molecule has 0 aliphatic carbocycles. The molecule has 0 aliphatic heterocycles. The quantitative estimate of drug-likeness (QED) is 0.479. The van der Waals surface area contributed by atoms with E-state index in [0.717, 1.165) is 33.9 Å². The second-order valence-electron chi connectivity index (χ2n) is 6.62. The maximum Gasteiger partial charge on any atom is 0.124 e. The van der Waals surface area contributed by atoms with Gasteiger partial charge in [0, 0.05) is 12.1 Å². The summed E-state index contributed by atoms with van der Waals surface area (Å²) in [5.41, 5.74) is 5.85. The molecule has 3 aromatic carbocycles. The number of ether oxygens (including phenoxy) is 1. The summed E-state index contributed by atoms with van der Waals surface area (Å²) in [5.74, 6) is 0.863. The smallest absolute Gasteiger partial charge is 0.124 e. The number of aromatic nitrogens is 1. The highest BCUT2D eigenvalue weighted by atomic mass is 32.1. The molecular weight excluding hydrogens is 352 g/mol. The van der Waals surface area contributed by atoms with Crippen LogP contribution in [0.15, 0.2) is 66.7 Å². The molecule has 136 valence electrons. The first-order valence-electron chi connectivity index (χ1n) is 9.05. The zero-order chi connectivity index (χ0) is 18.6. The molecular formula is C23H22N2OS. The first kappa shape index (κ1) is 17.7. The van der Waals surface area contributed by atoms with Gasteiger partial charge in [-0.2, -0.15) is 0 Å². The Kier molecular flexibility index (Phi) is 5.19. The number of nitrogens with zero attached hydrogens (tertiary/aromatic N) is 1. The first-order chi connectivity index (χ1) is 13.2. The monoisotopic (exact) mass is 374 g/mol. The fourth-order valence-corrected chi connectivity index (χ4v) is 4.27. The Hall–Kier alpha value is -2.69. The lowest BCUT2D eigenvalue weighted by Crippen LogP contribution is -2.05. The number of thiazole rings is 1. The Bertz CT molecular complexity index is 1060. The summed E-state index contributed by atoms with van der Waals surface area (Å²) in [6, 6.07) is 22.8. The van der Waals surface area contributed by atoms with Gasteiger partial charge in [0.05, 0.1) is 10.2 Å². The van der Waals surface area contributed by atoms with Gasteiger partial charge in [-0.15, -0.1) is 11.3 Å². The van der Waals surface area contributed by atoms with E-state index in [2.05, 4.69) is 48.6 Å². The van der Waals surface area contributed by atoms with E-state index in [1.165, 1.54) is 15.8 Å². The summed E-state index contributed by atoms with van der Waals surface area (Å²) < 4.78 is 7.20. The molecule has 27 heavy (non-hydrogen) atoms. The lowest BCUT2D eigenvalue weighted by atomic mass is 10.1. The van der Waals surface area contributed by atoms with Crippen molar-refractivity contribution < 1.29 is 4.74 Å². The Morgan fingerprint density at radius 1 is 1.00 bits per heavy atom. The second kappa shape index (κ2) is 7.91. The van der Waals surface area contributed by atoms with Gasteiger partial charge < -0.3 is 10.1 Å². The summed E-state index contributed by atoms with van der Waals surface area (Å²) in [6.45, 7) is 3.52. The highest BCUT2D eigenvalue weighted by Crippen LogP contribution is 2.34. The van der Waals surface area contributed by atoms with Crippen LogP contribution in [-0.2, 0) is 13.2 Å². The maximum atomic E-state index is 5.98. The average molecular weight is 375 g/mol. The van der Waals surface area contributed by atoms with Crippen molar-refractivity contribution in [3.63, 3.8) is 0 Å². The van der Waals surface area contributed by atoms with E-state index in [0.29, 0.717) is 6.61 Å². The van der Waals surface area contributed by atoms with E-state index in [1.807, 2.05) is 37.4 Å². The molecule has 4 heteroatoms. The molecule has 0 fully saturated rings. The Balaban J connectivity index is 1.62. The van der Waals surface area contributed by atoms with Crippen LogP contribution < -0.4 is 10.1 Å². The van der Waals surface area contributed by atoms with Crippen LogP contribution in [0.1, 0.15) is 16.7 Å². The zero-order valence-corrected chi connectivity index (χ0v) is 16.3. The lowest BCUT2D eigenvalue weighted by Gasteiger charge is -2.07. The van der Waals surface area contributed by atoms with Crippen LogP contribution in [0.2, 0.25) is 0 Å². The Morgan fingerprint density at radius 2 is 1.85 bits per heavy atom. The van der Waals surface area contributed by atoms with Crippen LogP contribution in [0.5, 0.6) is 5.75 Å². The van der Waals surface area contributed by atoms with Crippen molar-refractivity contribution in [3.8, 4) is 16.3 Å². The molecule has 0 saturated carbocycles. The normalized spacial score (nSPS) is 11.0. The molecule has 0 bridgehead atoms. The van der Waals surface area contributed by atoms with E-state index < -0.39 is 0 Å². The predicted octanol–water partition coefficient (Wildman–Crippen LogP) is 5.57. The molecule has 0 amide bonds. The van der Waals surface area contributed by atoms with E-state index >= 15 is 0 Å². The summed E-state index contributed by atoms with van der Waals surface area (Å²) in [4.78, 5) is 4.93. The number of hydrogen-bond acceptors (Lipinski definition) is 4. The fraction of sp³-hybridized carbons (Fsp3) is 0.174. The minimum atomic E-state index is 0.565. The molecule has 1 N–H and O–H groups in total. The second-order valence-corrected chi connectivity index (χ2v) is 7.65. The number of nitrogens with one attached hydrogen (secondary N) is 1. The molecule has 4 aromatic rings. The fourth-order valence-electron chi connectivity index (χ4n) is 3.16. The molecule has 3 nitrogen and oxygen atoms in total. The van der Waals surface area contributed by atoms with Crippen LogP contribution in [0.4, 0.5) is 0 Å². The number of rotatable bonds is 6. The van der Waals surface area contributed by atoms with Crippen LogP contribution >= 0.6 is 11.3 Å². The van der Waals surface area contributed by atoms with Crippen LogP contribution in [0, 0.1) is 6.92 Å². The number of fused-ring (bicyclic) bond motifs is 1. The molecule has 0 saturated heterocycles. The zero-order valence-electron chi connectivity index (χ0n) is 15.5. The van der Waals surface area contributed by atoms with Gasteiger partial charge in [0.15, 0.2) is 0 Å². The molecule has 1 heterocycles. The minimum absolute atomic E-state index is 0.565. The summed E-state index contributed by atoms with van der Waals surface area (Å²) >= 11 is 1.73. The molecule has 1 aromatic heterocycles. The number of benzene rings is 3. The molecule has 0 radical (unpaired) electrons. The van der Waals surface area contributed by atoms with Gasteiger partial charge in [-0.25, -0.2) is 4.98 Å². The Labute approximate surface area is 163 Å². The predicted molar refractivity (Wildman–Crippen MR) is 113 cm³/mol. The van der Waals surface area contributed by atoms with E-state index in [9.17, 15) is 0 Å².